The van der Waals surface area contributed by atoms with Crippen LogP contribution in [0.15, 0.2) is 54.6 Å². The van der Waals surface area contributed by atoms with Gasteiger partial charge in [0, 0.05) is 32.8 Å². The number of benzene rings is 2. The van der Waals surface area contributed by atoms with Gasteiger partial charge in [-0.1, -0.05) is 44.2 Å². The van der Waals surface area contributed by atoms with Gasteiger partial charge in [0.15, 0.2) is 0 Å². The Kier molecular flexibility index (Phi) is 7.32. The van der Waals surface area contributed by atoms with E-state index in [1.54, 1.807) is 23.1 Å². The quantitative estimate of drug-likeness (QED) is 0.470. The minimum atomic E-state index is -0.512. The zero-order chi connectivity index (χ0) is 24.2. The smallest absolute Gasteiger partial charge is 0.257 e. The Morgan fingerprint density at radius 2 is 1.85 bits per heavy atom. The van der Waals surface area contributed by atoms with Gasteiger partial charge in [-0.25, -0.2) is 9.07 Å². The summed E-state index contributed by atoms with van der Waals surface area (Å²) < 4.78 is 22.4. The summed E-state index contributed by atoms with van der Waals surface area (Å²) in [7, 11) is 3.96. The Morgan fingerprint density at radius 3 is 2.47 bits per heavy atom. The second-order valence-corrected chi connectivity index (χ2v) is 9.28. The van der Waals surface area contributed by atoms with Crippen molar-refractivity contribution in [2.75, 3.05) is 32.1 Å². The minimum absolute atomic E-state index is 0.0507. The molecule has 1 aliphatic heterocycles. The summed E-state index contributed by atoms with van der Waals surface area (Å²) in [6.45, 7) is 5.63. The molecule has 2 aromatic carbocycles. The largest absolute Gasteiger partial charge is 0.376 e. The molecule has 0 unspecified atom stereocenters. The van der Waals surface area contributed by atoms with E-state index in [0.29, 0.717) is 19.7 Å². The van der Waals surface area contributed by atoms with E-state index in [0.717, 1.165) is 35.6 Å². The van der Waals surface area contributed by atoms with Gasteiger partial charge >= 0.3 is 0 Å². The summed E-state index contributed by atoms with van der Waals surface area (Å²) in [6, 6.07) is 16.1. The highest BCUT2D eigenvalue weighted by Crippen LogP contribution is 2.32. The van der Waals surface area contributed by atoms with Crippen LogP contribution in [0.5, 0.6) is 0 Å². The van der Waals surface area contributed by atoms with Crippen LogP contribution in [-0.2, 0) is 11.3 Å². The molecule has 180 valence electrons. The van der Waals surface area contributed by atoms with E-state index in [9.17, 15) is 9.18 Å². The zero-order valence-corrected chi connectivity index (χ0v) is 20.4. The third-order valence-electron chi connectivity index (χ3n) is 6.15. The van der Waals surface area contributed by atoms with Crippen LogP contribution in [-0.4, -0.2) is 53.9 Å². The van der Waals surface area contributed by atoms with Gasteiger partial charge in [0.2, 0.25) is 0 Å². The van der Waals surface area contributed by atoms with Crippen molar-refractivity contribution in [2.24, 2.45) is 0 Å². The molecule has 2 heterocycles. The first-order valence-electron chi connectivity index (χ1n) is 11.9. The molecule has 1 atom stereocenters. The number of aromatic nitrogens is 2. The molecule has 4 rings (SSSR count). The fourth-order valence-corrected chi connectivity index (χ4v) is 4.53. The molecular formula is C27H33FN4O2. The van der Waals surface area contributed by atoms with Gasteiger partial charge in [0.1, 0.15) is 11.6 Å². The van der Waals surface area contributed by atoms with Gasteiger partial charge in [-0.15, -0.1) is 0 Å². The first kappa shape index (κ1) is 24.0. The Hall–Kier alpha value is -3.19. The van der Waals surface area contributed by atoms with Crippen LogP contribution in [0, 0.1) is 5.82 Å². The van der Waals surface area contributed by atoms with Crippen molar-refractivity contribution in [1.29, 1.82) is 0 Å². The van der Waals surface area contributed by atoms with Gasteiger partial charge in [-0.2, -0.15) is 5.10 Å². The molecule has 0 saturated carbocycles. The van der Waals surface area contributed by atoms with Gasteiger partial charge in [0.05, 0.1) is 29.6 Å². The summed E-state index contributed by atoms with van der Waals surface area (Å²) >= 11 is 0. The van der Waals surface area contributed by atoms with Gasteiger partial charge in [-0.3, -0.25) is 4.79 Å². The predicted octanol–water partition coefficient (Wildman–Crippen LogP) is 5.02. The lowest BCUT2D eigenvalue weighted by Crippen LogP contribution is -2.38. The molecule has 34 heavy (non-hydrogen) atoms. The van der Waals surface area contributed by atoms with E-state index < -0.39 is 5.82 Å². The van der Waals surface area contributed by atoms with Crippen LogP contribution in [0.2, 0.25) is 0 Å². The third-order valence-corrected chi connectivity index (χ3v) is 6.15. The fourth-order valence-electron chi connectivity index (χ4n) is 4.53. The van der Waals surface area contributed by atoms with Crippen LogP contribution in [0.4, 0.5) is 10.2 Å². The number of rotatable bonds is 8. The average molecular weight is 465 g/mol. The van der Waals surface area contributed by atoms with Crippen molar-refractivity contribution >= 4 is 11.7 Å². The van der Waals surface area contributed by atoms with Crippen LogP contribution in [0.3, 0.4) is 0 Å². The molecule has 1 saturated heterocycles. The Labute approximate surface area is 200 Å². The van der Waals surface area contributed by atoms with Crippen LogP contribution < -0.4 is 4.90 Å². The highest BCUT2D eigenvalue weighted by molar-refractivity contribution is 5.94. The average Bonchev–Trinajstić information content (AvgIpc) is 3.47. The molecule has 0 radical (unpaired) electrons. The molecular weight excluding hydrogens is 431 g/mol. The summed E-state index contributed by atoms with van der Waals surface area (Å²) in [4.78, 5) is 17.3. The van der Waals surface area contributed by atoms with E-state index >= 15 is 0 Å². The van der Waals surface area contributed by atoms with Crippen LogP contribution in [0.1, 0.15) is 54.2 Å². The maximum atomic E-state index is 14.6. The second-order valence-electron chi connectivity index (χ2n) is 9.28. The maximum absolute atomic E-state index is 14.6. The Morgan fingerprint density at radius 1 is 1.15 bits per heavy atom. The molecule has 1 amide bonds. The molecule has 6 nitrogen and oxygen atoms in total. The number of para-hydroxylation sites is 1. The fraction of sp³-hybridized carbons (Fsp3) is 0.407. The van der Waals surface area contributed by atoms with E-state index in [1.165, 1.54) is 6.07 Å². The van der Waals surface area contributed by atoms with E-state index in [-0.39, 0.29) is 23.5 Å². The summed E-state index contributed by atoms with van der Waals surface area (Å²) in [5.74, 6) is 0.211. The van der Waals surface area contributed by atoms with Gasteiger partial charge in [-0.05, 0) is 43.0 Å². The molecule has 1 fully saturated rings. The van der Waals surface area contributed by atoms with Gasteiger partial charge in [0.25, 0.3) is 5.91 Å². The monoisotopic (exact) mass is 464 g/mol. The van der Waals surface area contributed by atoms with Crippen molar-refractivity contribution in [2.45, 2.75) is 45.3 Å². The van der Waals surface area contributed by atoms with Crippen LogP contribution in [0.25, 0.3) is 5.69 Å². The lowest BCUT2D eigenvalue weighted by molar-refractivity contribution is 0.0503. The maximum Gasteiger partial charge on any atom is 0.257 e. The van der Waals surface area contributed by atoms with E-state index in [1.807, 2.05) is 54.0 Å². The van der Waals surface area contributed by atoms with Crippen molar-refractivity contribution in [3.05, 3.63) is 77.2 Å². The standard InChI is InChI=1S/C27H33FN4O2/c1-19(2)25-23(26(30(3)4)32(29-25)20-11-6-5-7-12-20)18-31(17-21-13-10-16-34-21)27(33)22-14-8-9-15-24(22)28/h5-9,11-12,14-15,19,21H,10,13,16-18H2,1-4H3/t21-/m0/s1. The molecule has 0 N–H and O–H groups in total. The summed E-state index contributed by atoms with van der Waals surface area (Å²) in [5.41, 5.74) is 2.91. The topological polar surface area (TPSA) is 50.6 Å². The number of carbonyl (C=O) groups excluding carboxylic acids is 1. The lowest BCUT2D eigenvalue weighted by atomic mass is 10.0. The number of amides is 1. The molecule has 0 aliphatic carbocycles. The first-order valence-corrected chi connectivity index (χ1v) is 11.9. The molecule has 1 aliphatic rings. The number of nitrogens with zero attached hydrogens (tertiary/aromatic N) is 4. The molecule has 0 bridgehead atoms. The lowest BCUT2D eigenvalue weighted by Gasteiger charge is -2.27. The molecule has 1 aromatic heterocycles. The summed E-state index contributed by atoms with van der Waals surface area (Å²) in [5, 5.41) is 4.97. The SMILES string of the molecule is CC(C)c1nn(-c2ccccc2)c(N(C)C)c1CN(C[C@@H]1CCCO1)C(=O)c1ccccc1F. The van der Waals surface area contributed by atoms with Crippen molar-refractivity contribution in [1.82, 2.24) is 14.7 Å². The van der Waals surface area contributed by atoms with Crippen molar-refractivity contribution < 1.29 is 13.9 Å². The first-order chi connectivity index (χ1) is 16.4. The Balaban J connectivity index is 1.79. The van der Waals surface area contributed by atoms with Crippen molar-refractivity contribution in [3.63, 3.8) is 0 Å². The summed E-state index contributed by atoms with van der Waals surface area (Å²) in [6.07, 6.45) is 1.81. The molecule has 0 spiro atoms. The van der Waals surface area contributed by atoms with E-state index in [2.05, 4.69) is 13.8 Å². The third kappa shape index (κ3) is 4.99. The molecule has 3 aromatic rings. The highest BCUT2D eigenvalue weighted by Gasteiger charge is 2.30. The number of ether oxygens (including phenoxy) is 1. The number of hydrogen-bond acceptors (Lipinski definition) is 4. The molecule has 7 heteroatoms. The number of hydrogen-bond donors (Lipinski definition) is 0. The highest BCUT2D eigenvalue weighted by atomic mass is 19.1. The zero-order valence-electron chi connectivity index (χ0n) is 20.4. The van der Waals surface area contributed by atoms with Crippen molar-refractivity contribution in [3.8, 4) is 5.69 Å². The number of carbonyl (C=O) groups is 1. The minimum Gasteiger partial charge on any atom is -0.376 e. The number of anilines is 1. The number of halogens is 1. The van der Waals surface area contributed by atoms with E-state index in [4.69, 9.17) is 9.84 Å². The second kappa shape index (κ2) is 10.4. The van der Waals surface area contributed by atoms with Gasteiger partial charge < -0.3 is 14.5 Å². The Bertz CT molecular complexity index is 1120. The predicted molar refractivity (Wildman–Crippen MR) is 132 cm³/mol. The van der Waals surface area contributed by atoms with Crippen LogP contribution >= 0.6 is 0 Å². The normalized spacial score (nSPS) is 15.6.